The molecule has 0 spiro atoms. The van der Waals surface area contributed by atoms with E-state index in [-0.39, 0.29) is 5.92 Å². The van der Waals surface area contributed by atoms with E-state index in [4.69, 9.17) is 10.2 Å². The van der Waals surface area contributed by atoms with Gasteiger partial charge in [-0.25, -0.2) is 4.79 Å². The highest BCUT2D eigenvalue weighted by atomic mass is 16.4. The van der Waals surface area contributed by atoms with Gasteiger partial charge in [0.2, 0.25) is 5.91 Å². The van der Waals surface area contributed by atoms with Crippen molar-refractivity contribution in [1.29, 1.82) is 0 Å². The lowest BCUT2D eigenvalue weighted by Crippen LogP contribution is -2.42. The van der Waals surface area contributed by atoms with Crippen LogP contribution in [-0.2, 0) is 14.4 Å². The van der Waals surface area contributed by atoms with Gasteiger partial charge in [-0.2, -0.15) is 0 Å². The highest BCUT2D eigenvalue weighted by molar-refractivity contribution is 5.91. The fourth-order valence-electron chi connectivity index (χ4n) is 1.73. The zero-order chi connectivity index (χ0) is 13.2. The maximum absolute atomic E-state index is 11.6. The van der Waals surface area contributed by atoms with E-state index in [1.54, 1.807) is 0 Å². The number of rotatable bonds is 6. The quantitative estimate of drug-likeness (QED) is 0.623. The number of carbonyl (C=O) groups excluding carboxylic acids is 1. The smallest absolute Gasteiger partial charge is 0.326 e. The molecule has 1 saturated carbocycles. The van der Waals surface area contributed by atoms with Crippen molar-refractivity contribution >= 4 is 17.8 Å². The Hall–Kier alpha value is -1.59. The van der Waals surface area contributed by atoms with E-state index in [0.717, 1.165) is 0 Å². The van der Waals surface area contributed by atoms with E-state index >= 15 is 0 Å². The predicted octanol–water partition coefficient (Wildman–Crippen LogP) is 0.323. The van der Waals surface area contributed by atoms with Crippen LogP contribution in [0.15, 0.2) is 0 Å². The van der Waals surface area contributed by atoms with Crippen molar-refractivity contribution in [2.24, 2.45) is 17.8 Å². The van der Waals surface area contributed by atoms with Crippen LogP contribution in [0.5, 0.6) is 0 Å². The third kappa shape index (κ3) is 3.72. The summed E-state index contributed by atoms with van der Waals surface area (Å²) in [4.78, 5) is 33.1. The molecule has 0 bridgehead atoms. The monoisotopic (exact) mass is 243 g/mol. The number of hydrogen-bond donors (Lipinski definition) is 3. The molecule has 6 nitrogen and oxygen atoms in total. The number of aliphatic carboxylic acids is 2. The molecular weight excluding hydrogens is 226 g/mol. The molecule has 1 aliphatic rings. The molecule has 6 heteroatoms. The maximum Gasteiger partial charge on any atom is 0.326 e. The minimum absolute atomic E-state index is 0.144. The van der Waals surface area contributed by atoms with Gasteiger partial charge in [0, 0.05) is 0 Å². The van der Waals surface area contributed by atoms with E-state index < -0.39 is 35.7 Å². The first-order valence-corrected chi connectivity index (χ1v) is 5.59. The van der Waals surface area contributed by atoms with Gasteiger partial charge in [-0.1, -0.05) is 13.8 Å². The molecule has 1 amide bonds. The predicted molar refractivity (Wildman–Crippen MR) is 58.3 cm³/mol. The van der Waals surface area contributed by atoms with Crippen LogP contribution in [0.1, 0.15) is 26.7 Å². The Labute approximate surface area is 99.0 Å². The first-order valence-electron chi connectivity index (χ1n) is 5.59. The Morgan fingerprint density at radius 3 is 2.18 bits per heavy atom. The first kappa shape index (κ1) is 13.5. The van der Waals surface area contributed by atoms with Crippen molar-refractivity contribution < 1.29 is 24.6 Å². The molecule has 1 aliphatic carbocycles. The van der Waals surface area contributed by atoms with Crippen LogP contribution in [0.4, 0.5) is 0 Å². The van der Waals surface area contributed by atoms with Gasteiger partial charge in [-0.05, 0) is 18.8 Å². The number of carbonyl (C=O) groups is 3. The molecule has 0 radical (unpaired) electrons. The minimum atomic E-state index is -1.08. The zero-order valence-electron chi connectivity index (χ0n) is 9.84. The van der Waals surface area contributed by atoms with Crippen molar-refractivity contribution in [3.8, 4) is 0 Å². The van der Waals surface area contributed by atoms with Crippen LogP contribution in [0.25, 0.3) is 0 Å². The molecule has 0 aromatic carbocycles. The van der Waals surface area contributed by atoms with Crippen LogP contribution < -0.4 is 5.32 Å². The Bertz CT molecular complexity index is 339. The molecule has 96 valence electrons. The SMILES string of the molecule is CC(C)CC(NC(=O)[C@@H]1C[C@@H]1C(=O)O)C(=O)O. The van der Waals surface area contributed by atoms with Gasteiger partial charge in [0.15, 0.2) is 0 Å². The van der Waals surface area contributed by atoms with Gasteiger partial charge in [0.1, 0.15) is 6.04 Å². The second kappa shape index (κ2) is 5.16. The fraction of sp³-hybridized carbons (Fsp3) is 0.727. The Morgan fingerprint density at radius 2 is 1.82 bits per heavy atom. The summed E-state index contributed by atoms with van der Waals surface area (Å²) >= 11 is 0. The number of hydrogen-bond acceptors (Lipinski definition) is 3. The molecule has 3 atom stereocenters. The molecule has 0 aromatic heterocycles. The van der Waals surface area contributed by atoms with E-state index in [1.807, 2.05) is 13.8 Å². The maximum atomic E-state index is 11.6. The van der Waals surface area contributed by atoms with Crippen molar-refractivity contribution in [2.75, 3.05) is 0 Å². The van der Waals surface area contributed by atoms with Crippen LogP contribution in [0.2, 0.25) is 0 Å². The Kier molecular flexibility index (Phi) is 4.09. The number of carboxylic acids is 2. The van der Waals surface area contributed by atoms with Gasteiger partial charge in [-0.15, -0.1) is 0 Å². The summed E-state index contributed by atoms with van der Waals surface area (Å²) in [5.74, 6) is -3.62. The van der Waals surface area contributed by atoms with Crippen molar-refractivity contribution in [3.05, 3.63) is 0 Å². The molecule has 1 unspecified atom stereocenters. The van der Waals surface area contributed by atoms with Crippen LogP contribution in [0, 0.1) is 17.8 Å². The normalized spacial score (nSPS) is 24.2. The average Bonchev–Trinajstić information content (AvgIpc) is 2.94. The number of amides is 1. The van der Waals surface area contributed by atoms with Crippen LogP contribution in [-0.4, -0.2) is 34.1 Å². The summed E-state index contributed by atoms with van der Waals surface area (Å²) in [6.07, 6.45) is 0.640. The van der Waals surface area contributed by atoms with E-state index in [9.17, 15) is 14.4 Å². The van der Waals surface area contributed by atoms with E-state index in [1.165, 1.54) is 0 Å². The standard InChI is InChI=1S/C11H17NO5/c1-5(2)3-8(11(16)17)12-9(13)6-4-7(6)10(14)15/h5-8H,3-4H2,1-2H3,(H,12,13)(H,14,15)(H,16,17)/t6-,7+,8?/m1/s1. The molecule has 0 aliphatic heterocycles. The van der Waals surface area contributed by atoms with Gasteiger partial charge in [-0.3, -0.25) is 9.59 Å². The second-order valence-corrected chi connectivity index (χ2v) is 4.82. The molecule has 1 fully saturated rings. The van der Waals surface area contributed by atoms with Crippen molar-refractivity contribution in [1.82, 2.24) is 5.32 Å². The van der Waals surface area contributed by atoms with Gasteiger partial charge < -0.3 is 15.5 Å². The molecule has 0 saturated heterocycles. The van der Waals surface area contributed by atoms with Gasteiger partial charge in [0.05, 0.1) is 11.8 Å². The van der Waals surface area contributed by atoms with Gasteiger partial charge in [0.25, 0.3) is 0 Å². The van der Waals surface area contributed by atoms with Gasteiger partial charge >= 0.3 is 11.9 Å². The van der Waals surface area contributed by atoms with E-state index in [0.29, 0.717) is 12.8 Å². The molecule has 0 heterocycles. The lowest BCUT2D eigenvalue weighted by Gasteiger charge is -2.16. The largest absolute Gasteiger partial charge is 0.481 e. The van der Waals surface area contributed by atoms with Crippen molar-refractivity contribution in [3.63, 3.8) is 0 Å². The Balaban J connectivity index is 2.48. The zero-order valence-corrected chi connectivity index (χ0v) is 9.84. The summed E-state index contributed by atoms with van der Waals surface area (Å²) in [6.45, 7) is 3.72. The third-order valence-electron chi connectivity index (χ3n) is 2.77. The fourth-order valence-corrected chi connectivity index (χ4v) is 1.73. The summed E-state index contributed by atoms with van der Waals surface area (Å²) < 4.78 is 0. The van der Waals surface area contributed by atoms with Crippen LogP contribution in [0.3, 0.4) is 0 Å². The topological polar surface area (TPSA) is 104 Å². The summed E-state index contributed by atoms with van der Waals surface area (Å²) in [7, 11) is 0. The second-order valence-electron chi connectivity index (χ2n) is 4.82. The number of nitrogens with one attached hydrogen (secondary N) is 1. The summed E-state index contributed by atoms with van der Waals surface area (Å²) in [5.41, 5.74) is 0. The molecule has 1 rings (SSSR count). The van der Waals surface area contributed by atoms with Crippen LogP contribution >= 0.6 is 0 Å². The number of carboxylic acid groups (broad SMARTS) is 2. The summed E-state index contributed by atoms with van der Waals surface area (Å²) in [6, 6.07) is -0.933. The minimum Gasteiger partial charge on any atom is -0.481 e. The highest BCUT2D eigenvalue weighted by Crippen LogP contribution is 2.38. The first-order chi connectivity index (χ1) is 7.82. The lowest BCUT2D eigenvalue weighted by atomic mass is 10.0. The molecule has 3 N–H and O–H groups in total. The highest BCUT2D eigenvalue weighted by Gasteiger charge is 2.48. The van der Waals surface area contributed by atoms with Crippen molar-refractivity contribution in [2.45, 2.75) is 32.7 Å². The average molecular weight is 243 g/mol. The Morgan fingerprint density at radius 1 is 1.24 bits per heavy atom. The van der Waals surface area contributed by atoms with E-state index in [2.05, 4.69) is 5.32 Å². The molecular formula is C11H17NO5. The third-order valence-corrected chi connectivity index (χ3v) is 2.77. The summed E-state index contributed by atoms with van der Waals surface area (Å²) in [5, 5.41) is 20.0. The lowest BCUT2D eigenvalue weighted by molar-refractivity contribution is -0.143. The molecule has 0 aromatic rings. The molecule has 17 heavy (non-hydrogen) atoms.